The van der Waals surface area contributed by atoms with E-state index in [9.17, 15) is 4.79 Å². The number of hydrogen-bond donors (Lipinski definition) is 1. The predicted octanol–water partition coefficient (Wildman–Crippen LogP) is 1.61. The Bertz CT molecular complexity index is 314. The minimum absolute atomic E-state index is 0.0477. The number of carbonyl (C=O) groups excluding carboxylic acids is 1. The molecule has 2 rings (SSSR count). The number of thiophene rings is 1. The normalized spacial score (nSPS) is 16.3. The van der Waals surface area contributed by atoms with Crippen molar-refractivity contribution in [1.29, 1.82) is 0 Å². The van der Waals surface area contributed by atoms with Gasteiger partial charge in [0.1, 0.15) is 0 Å². The molecule has 1 N–H and O–H groups in total. The van der Waals surface area contributed by atoms with Gasteiger partial charge in [0.25, 0.3) is 0 Å². The second kappa shape index (κ2) is 3.70. The molecule has 13 heavy (non-hydrogen) atoms. The van der Waals surface area contributed by atoms with Crippen molar-refractivity contribution in [2.45, 2.75) is 12.8 Å². The Morgan fingerprint density at radius 1 is 1.69 bits per heavy atom. The Hall–Kier alpha value is -1.16. The summed E-state index contributed by atoms with van der Waals surface area (Å²) in [5.74, 6) is 0.270. The monoisotopic (exact) mass is 194 g/mol. The molecule has 0 spiro atoms. The van der Waals surface area contributed by atoms with E-state index in [1.807, 2.05) is 16.8 Å². The molecule has 1 aliphatic carbocycles. The van der Waals surface area contributed by atoms with Crippen molar-refractivity contribution >= 4 is 23.5 Å². The molecule has 0 radical (unpaired) electrons. The van der Waals surface area contributed by atoms with Gasteiger partial charge < -0.3 is 0 Å². The van der Waals surface area contributed by atoms with Crippen molar-refractivity contribution in [3.8, 4) is 0 Å². The Morgan fingerprint density at radius 2 is 2.54 bits per heavy atom. The largest absolute Gasteiger partial charge is 0.273 e. The molecule has 0 aromatic carbocycles. The first-order chi connectivity index (χ1) is 6.36. The van der Waals surface area contributed by atoms with Gasteiger partial charge in [-0.1, -0.05) is 0 Å². The molecule has 1 aromatic rings. The van der Waals surface area contributed by atoms with Gasteiger partial charge in [-0.15, -0.1) is 0 Å². The van der Waals surface area contributed by atoms with Crippen LogP contribution in [0.3, 0.4) is 0 Å². The molecule has 1 aromatic heterocycles. The zero-order valence-corrected chi connectivity index (χ0v) is 7.88. The molecule has 1 amide bonds. The second-order valence-electron chi connectivity index (χ2n) is 3.07. The third kappa shape index (κ3) is 2.39. The zero-order chi connectivity index (χ0) is 9.10. The van der Waals surface area contributed by atoms with Gasteiger partial charge in [-0.3, -0.25) is 4.79 Å². The summed E-state index contributed by atoms with van der Waals surface area (Å²) in [6.45, 7) is 0. The average Bonchev–Trinajstić information content (AvgIpc) is 2.86. The van der Waals surface area contributed by atoms with E-state index in [0.29, 0.717) is 0 Å². The smallest absolute Gasteiger partial charge is 0.243 e. The van der Waals surface area contributed by atoms with E-state index >= 15 is 0 Å². The van der Waals surface area contributed by atoms with Gasteiger partial charge in [-0.25, -0.2) is 5.43 Å². The van der Waals surface area contributed by atoms with Crippen molar-refractivity contribution < 1.29 is 4.79 Å². The summed E-state index contributed by atoms with van der Waals surface area (Å²) < 4.78 is 0. The first kappa shape index (κ1) is 8.44. The SMILES string of the molecule is O=C(NN=Cc1ccsc1)C1CC1. The predicted molar refractivity (Wildman–Crippen MR) is 52.8 cm³/mol. The van der Waals surface area contributed by atoms with Crippen molar-refractivity contribution in [1.82, 2.24) is 5.43 Å². The van der Waals surface area contributed by atoms with Crippen LogP contribution >= 0.6 is 11.3 Å². The van der Waals surface area contributed by atoms with E-state index in [-0.39, 0.29) is 11.8 Å². The van der Waals surface area contributed by atoms with Crippen molar-refractivity contribution in [2.24, 2.45) is 11.0 Å². The van der Waals surface area contributed by atoms with Crippen LogP contribution in [0.1, 0.15) is 18.4 Å². The molecule has 4 heteroatoms. The summed E-state index contributed by atoms with van der Waals surface area (Å²) >= 11 is 1.61. The third-order valence-corrected chi connectivity index (χ3v) is 2.58. The maximum absolute atomic E-state index is 11.1. The molecule has 0 saturated heterocycles. The molecular weight excluding hydrogens is 184 g/mol. The van der Waals surface area contributed by atoms with Crippen LogP contribution in [0, 0.1) is 5.92 Å². The molecule has 1 saturated carbocycles. The van der Waals surface area contributed by atoms with E-state index in [0.717, 1.165) is 18.4 Å². The first-order valence-electron chi connectivity index (χ1n) is 4.21. The summed E-state index contributed by atoms with van der Waals surface area (Å²) in [6, 6.07) is 1.96. The van der Waals surface area contributed by atoms with E-state index in [1.165, 1.54) is 0 Å². The van der Waals surface area contributed by atoms with Crippen molar-refractivity contribution in [2.75, 3.05) is 0 Å². The van der Waals surface area contributed by atoms with Crippen LogP contribution in [0.5, 0.6) is 0 Å². The minimum Gasteiger partial charge on any atom is -0.273 e. The highest BCUT2D eigenvalue weighted by atomic mass is 32.1. The summed E-state index contributed by atoms with van der Waals surface area (Å²) in [4.78, 5) is 11.1. The van der Waals surface area contributed by atoms with Crippen molar-refractivity contribution in [3.63, 3.8) is 0 Å². The lowest BCUT2D eigenvalue weighted by atomic mass is 10.4. The highest BCUT2D eigenvalue weighted by Crippen LogP contribution is 2.28. The lowest BCUT2D eigenvalue weighted by Crippen LogP contribution is -2.18. The van der Waals surface area contributed by atoms with E-state index in [1.54, 1.807) is 17.6 Å². The maximum Gasteiger partial charge on any atom is 0.243 e. The van der Waals surface area contributed by atoms with Gasteiger partial charge in [0.2, 0.25) is 5.91 Å². The minimum atomic E-state index is 0.0477. The van der Waals surface area contributed by atoms with Crippen molar-refractivity contribution in [3.05, 3.63) is 22.4 Å². The molecule has 0 aliphatic heterocycles. The van der Waals surface area contributed by atoms with Gasteiger partial charge in [-0.05, 0) is 29.7 Å². The molecule has 0 atom stereocenters. The summed E-state index contributed by atoms with van der Waals surface area (Å²) in [5, 5.41) is 7.81. The van der Waals surface area contributed by atoms with Gasteiger partial charge >= 0.3 is 0 Å². The number of amides is 1. The van der Waals surface area contributed by atoms with Gasteiger partial charge in [0, 0.05) is 11.5 Å². The lowest BCUT2D eigenvalue weighted by molar-refractivity contribution is -0.122. The van der Waals surface area contributed by atoms with Gasteiger partial charge in [-0.2, -0.15) is 16.4 Å². The standard InChI is InChI=1S/C9H10N2OS/c12-9(8-1-2-8)11-10-5-7-3-4-13-6-7/h3-6,8H,1-2H2,(H,11,12). The molecule has 0 bridgehead atoms. The van der Waals surface area contributed by atoms with Crippen LogP contribution in [0.25, 0.3) is 0 Å². The fourth-order valence-corrected chi connectivity index (χ4v) is 1.57. The molecular formula is C9H10N2OS. The van der Waals surface area contributed by atoms with E-state index < -0.39 is 0 Å². The Morgan fingerprint density at radius 3 is 3.15 bits per heavy atom. The van der Waals surface area contributed by atoms with Crippen LogP contribution in [-0.2, 0) is 4.79 Å². The topological polar surface area (TPSA) is 41.5 Å². The average molecular weight is 194 g/mol. The highest BCUT2D eigenvalue weighted by molar-refractivity contribution is 7.08. The fourth-order valence-electron chi connectivity index (χ4n) is 0.956. The number of nitrogens with one attached hydrogen (secondary N) is 1. The van der Waals surface area contributed by atoms with Crippen LogP contribution in [0.15, 0.2) is 21.9 Å². The van der Waals surface area contributed by atoms with Crippen LogP contribution < -0.4 is 5.43 Å². The maximum atomic E-state index is 11.1. The molecule has 1 fully saturated rings. The molecule has 3 nitrogen and oxygen atoms in total. The van der Waals surface area contributed by atoms with Crippen LogP contribution in [0.2, 0.25) is 0 Å². The molecule has 1 aliphatic rings. The number of rotatable bonds is 3. The van der Waals surface area contributed by atoms with Gasteiger partial charge in [0.15, 0.2) is 0 Å². The number of hydrogen-bond acceptors (Lipinski definition) is 3. The van der Waals surface area contributed by atoms with E-state index in [2.05, 4.69) is 10.5 Å². The molecule has 1 heterocycles. The quantitative estimate of drug-likeness (QED) is 0.576. The number of carbonyl (C=O) groups is 1. The fraction of sp³-hybridized carbons (Fsp3) is 0.333. The Balaban J connectivity index is 1.81. The van der Waals surface area contributed by atoms with Gasteiger partial charge in [0.05, 0.1) is 6.21 Å². The Kier molecular flexibility index (Phi) is 2.40. The van der Waals surface area contributed by atoms with Crippen LogP contribution in [-0.4, -0.2) is 12.1 Å². The first-order valence-corrected chi connectivity index (χ1v) is 5.15. The zero-order valence-electron chi connectivity index (χ0n) is 7.06. The Labute approximate surface area is 80.5 Å². The number of hydrazone groups is 1. The summed E-state index contributed by atoms with van der Waals surface area (Å²) in [5.41, 5.74) is 3.55. The molecule has 0 unspecified atom stereocenters. The highest BCUT2D eigenvalue weighted by Gasteiger charge is 2.29. The summed E-state index contributed by atoms with van der Waals surface area (Å²) in [6.07, 6.45) is 3.69. The lowest BCUT2D eigenvalue weighted by Gasteiger charge is -1.93. The second-order valence-corrected chi connectivity index (χ2v) is 3.85. The molecule has 68 valence electrons. The van der Waals surface area contributed by atoms with E-state index in [4.69, 9.17) is 0 Å². The number of nitrogens with zero attached hydrogens (tertiary/aromatic N) is 1. The summed E-state index contributed by atoms with van der Waals surface area (Å²) in [7, 11) is 0. The van der Waals surface area contributed by atoms with Crippen LogP contribution in [0.4, 0.5) is 0 Å². The third-order valence-electron chi connectivity index (χ3n) is 1.88.